The predicted molar refractivity (Wildman–Crippen MR) is 85.2 cm³/mol. The lowest BCUT2D eigenvalue weighted by Gasteiger charge is -2.42. The third kappa shape index (κ3) is 2.91. The van der Waals surface area contributed by atoms with Crippen LogP contribution in [-0.2, 0) is 6.42 Å². The molecule has 3 unspecified atom stereocenters. The maximum absolute atomic E-state index is 3.69. The first kappa shape index (κ1) is 14.1. The summed E-state index contributed by atoms with van der Waals surface area (Å²) in [7, 11) is 0. The van der Waals surface area contributed by atoms with Gasteiger partial charge in [-0.15, -0.1) is 0 Å². The van der Waals surface area contributed by atoms with E-state index in [-0.39, 0.29) is 0 Å². The SMILES string of the molecule is CCCNC1CCN(CC2Cc3ccccc32)C(C)C1. The molecule has 1 heterocycles. The average molecular weight is 272 g/mol. The molecule has 0 aromatic heterocycles. The zero-order valence-corrected chi connectivity index (χ0v) is 12.9. The van der Waals surface area contributed by atoms with Gasteiger partial charge in [-0.25, -0.2) is 0 Å². The van der Waals surface area contributed by atoms with Crippen LogP contribution in [0.5, 0.6) is 0 Å². The van der Waals surface area contributed by atoms with Crippen LogP contribution in [0.25, 0.3) is 0 Å². The van der Waals surface area contributed by atoms with E-state index in [1.54, 1.807) is 11.1 Å². The molecule has 3 atom stereocenters. The van der Waals surface area contributed by atoms with Gasteiger partial charge < -0.3 is 5.32 Å². The Kier molecular flexibility index (Phi) is 4.42. The van der Waals surface area contributed by atoms with Gasteiger partial charge in [-0.05, 0) is 56.8 Å². The summed E-state index contributed by atoms with van der Waals surface area (Å²) < 4.78 is 0. The van der Waals surface area contributed by atoms with Gasteiger partial charge in [0, 0.05) is 24.5 Å². The van der Waals surface area contributed by atoms with Crippen molar-refractivity contribution in [2.45, 2.75) is 57.5 Å². The van der Waals surface area contributed by atoms with Gasteiger partial charge >= 0.3 is 0 Å². The monoisotopic (exact) mass is 272 g/mol. The summed E-state index contributed by atoms with van der Waals surface area (Å²) in [6, 6.07) is 10.4. The number of likely N-dealkylation sites (tertiary alicyclic amines) is 1. The largest absolute Gasteiger partial charge is 0.314 e. The first-order chi connectivity index (χ1) is 9.78. The standard InChI is InChI=1S/C18H28N2/c1-3-9-19-17-8-10-20(14(2)11-17)13-16-12-15-6-4-5-7-18(15)16/h4-7,14,16-17,19H,3,8-13H2,1-2H3. The molecule has 0 bridgehead atoms. The highest BCUT2D eigenvalue weighted by Crippen LogP contribution is 2.36. The molecule has 1 aliphatic heterocycles. The molecule has 110 valence electrons. The van der Waals surface area contributed by atoms with Crippen molar-refractivity contribution in [2.75, 3.05) is 19.6 Å². The smallest absolute Gasteiger partial charge is 0.00940 e. The average Bonchev–Trinajstić information content (AvgIpc) is 2.44. The molecule has 20 heavy (non-hydrogen) atoms. The lowest BCUT2D eigenvalue weighted by molar-refractivity contribution is 0.125. The zero-order valence-electron chi connectivity index (χ0n) is 12.9. The Morgan fingerprint density at radius 2 is 2.15 bits per heavy atom. The highest BCUT2D eigenvalue weighted by atomic mass is 15.2. The van der Waals surface area contributed by atoms with Crippen LogP contribution in [-0.4, -0.2) is 36.6 Å². The summed E-state index contributed by atoms with van der Waals surface area (Å²) in [6.45, 7) is 8.36. The maximum Gasteiger partial charge on any atom is 0.00940 e. The minimum atomic E-state index is 0.728. The summed E-state index contributed by atoms with van der Waals surface area (Å²) >= 11 is 0. The number of hydrogen-bond acceptors (Lipinski definition) is 2. The molecule has 2 nitrogen and oxygen atoms in total. The molecule has 1 fully saturated rings. The predicted octanol–water partition coefficient (Wildman–Crippen LogP) is 3.18. The Morgan fingerprint density at radius 1 is 1.30 bits per heavy atom. The van der Waals surface area contributed by atoms with Gasteiger partial charge in [-0.2, -0.15) is 0 Å². The summed E-state index contributed by atoms with van der Waals surface area (Å²) in [5, 5.41) is 3.69. The van der Waals surface area contributed by atoms with Crippen LogP contribution < -0.4 is 5.32 Å². The third-order valence-corrected chi connectivity index (χ3v) is 5.11. The van der Waals surface area contributed by atoms with Crippen molar-refractivity contribution in [1.82, 2.24) is 10.2 Å². The number of nitrogens with one attached hydrogen (secondary N) is 1. The van der Waals surface area contributed by atoms with E-state index >= 15 is 0 Å². The second kappa shape index (κ2) is 6.28. The Balaban J connectivity index is 1.51. The highest BCUT2D eigenvalue weighted by Gasteiger charge is 2.31. The number of rotatable bonds is 5. The van der Waals surface area contributed by atoms with Gasteiger partial charge in [0.25, 0.3) is 0 Å². The van der Waals surface area contributed by atoms with Crippen LogP contribution in [0.2, 0.25) is 0 Å². The molecular weight excluding hydrogens is 244 g/mol. The lowest BCUT2D eigenvalue weighted by atomic mass is 9.77. The molecule has 0 radical (unpaired) electrons. The number of piperidine rings is 1. The molecule has 0 saturated carbocycles. The van der Waals surface area contributed by atoms with Gasteiger partial charge in [-0.3, -0.25) is 4.90 Å². The number of fused-ring (bicyclic) bond motifs is 1. The molecule has 3 rings (SSSR count). The normalized spacial score (nSPS) is 29.8. The molecular formula is C18H28N2. The molecule has 1 aromatic carbocycles. The van der Waals surface area contributed by atoms with E-state index < -0.39 is 0 Å². The van der Waals surface area contributed by atoms with Gasteiger partial charge in [0.15, 0.2) is 0 Å². The van der Waals surface area contributed by atoms with Gasteiger partial charge in [-0.1, -0.05) is 31.2 Å². The van der Waals surface area contributed by atoms with Crippen molar-refractivity contribution in [3.63, 3.8) is 0 Å². The summed E-state index contributed by atoms with van der Waals surface area (Å²) in [5.41, 5.74) is 3.18. The van der Waals surface area contributed by atoms with E-state index in [9.17, 15) is 0 Å². The Hall–Kier alpha value is -0.860. The van der Waals surface area contributed by atoms with E-state index in [1.807, 2.05) is 0 Å². The summed E-state index contributed by atoms with van der Waals surface area (Å²) in [5.74, 6) is 0.786. The fourth-order valence-electron chi connectivity index (χ4n) is 3.83. The molecule has 2 aliphatic rings. The quantitative estimate of drug-likeness (QED) is 0.885. The topological polar surface area (TPSA) is 15.3 Å². The first-order valence-corrected chi connectivity index (χ1v) is 8.33. The van der Waals surface area contributed by atoms with Crippen LogP contribution in [0, 0.1) is 0 Å². The number of benzene rings is 1. The molecule has 0 amide bonds. The van der Waals surface area contributed by atoms with Gasteiger partial charge in [0.05, 0.1) is 0 Å². The van der Waals surface area contributed by atoms with Crippen molar-refractivity contribution in [2.24, 2.45) is 0 Å². The van der Waals surface area contributed by atoms with E-state index in [1.165, 1.54) is 45.3 Å². The first-order valence-electron chi connectivity index (χ1n) is 8.33. The van der Waals surface area contributed by atoms with Crippen molar-refractivity contribution in [3.05, 3.63) is 35.4 Å². The van der Waals surface area contributed by atoms with Crippen LogP contribution in [0.15, 0.2) is 24.3 Å². The van der Waals surface area contributed by atoms with Crippen LogP contribution in [0.3, 0.4) is 0 Å². The van der Waals surface area contributed by atoms with E-state index in [4.69, 9.17) is 0 Å². The van der Waals surface area contributed by atoms with Crippen molar-refractivity contribution < 1.29 is 0 Å². The van der Waals surface area contributed by atoms with Gasteiger partial charge in [0.1, 0.15) is 0 Å². The molecule has 1 aromatic rings. The van der Waals surface area contributed by atoms with E-state index in [0.717, 1.165) is 18.0 Å². The fourth-order valence-corrected chi connectivity index (χ4v) is 3.83. The number of nitrogens with zero attached hydrogens (tertiary/aromatic N) is 1. The summed E-state index contributed by atoms with van der Waals surface area (Å²) in [6.07, 6.45) is 5.16. The van der Waals surface area contributed by atoms with Crippen molar-refractivity contribution >= 4 is 0 Å². The van der Waals surface area contributed by atoms with E-state index in [2.05, 4.69) is 48.3 Å². The second-order valence-corrected chi connectivity index (χ2v) is 6.62. The van der Waals surface area contributed by atoms with Crippen molar-refractivity contribution in [3.8, 4) is 0 Å². The zero-order chi connectivity index (χ0) is 13.9. The minimum Gasteiger partial charge on any atom is -0.314 e. The maximum atomic E-state index is 3.69. The molecule has 0 spiro atoms. The highest BCUT2D eigenvalue weighted by molar-refractivity contribution is 5.40. The molecule has 2 heteroatoms. The Morgan fingerprint density at radius 3 is 2.90 bits per heavy atom. The van der Waals surface area contributed by atoms with Crippen LogP contribution in [0.1, 0.15) is 50.2 Å². The minimum absolute atomic E-state index is 0.728. The van der Waals surface area contributed by atoms with Crippen LogP contribution in [0.4, 0.5) is 0 Å². The second-order valence-electron chi connectivity index (χ2n) is 6.62. The van der Waals surface area contributed by atoms with E-state index in [0.29, 0.717) is 0 Å². The molecule has 1 N–H and O–H groups in total. The van der Waals surface area contributed by atoms with Crippen LogP contribution >= 0.6 is 0 Å². The Bertz CT molecular complexity index is 443. The lowest BCUT2D eigenvalue weighted by Crippen LogP contribution is -2.49. The van der Waals surface area contributed by atoms with Gasteiger partial charge in [0.2, 0.25) is 0 Å². The molecule has 1 aliphatic carbocycles. The molecule has 1 saturated heterocycles. The Labute approximate surface area is 123 Å². The summed E-state index contributed by atoms with van der Waals surface area (Å²) in [4.78, 5) is 2.71. The van der Waals surface area contributed by atoms with Crippen molar-refractivity contribution in [1.29, 1.82) is 0 Å². The third-order valence-electron chi connectivity index (χ3n) is 5.11. The number of hydrogen-bond donors (Lipinski definition) is 1. The fraction of sp³-hybridized carbons (Fsp3) is 0.667.